The minimum atomic E-state index is 0.606. The molecule has 0 unspecified atom stereocenters. The van der Waals surface area contributed by atoms with Gasteiger partial charge in [-0.15, -0.1) is 10.2 Å². The van der Waals surface area contributed by atoms with Crippen LogP contribution in [0.25, 0.3) is 0 Å². The number of rotatable bonds is 5. The van der Waals surface area contributed by atoms with E-state index in [1.54, 1.807) is 6.92 Å². The molecule has 0 aliphatic rings. The molecule has 0 atom stereocenters. The van der Waals surface area contributed by atoms with E-state index in [9.17, 15) is 0 Å². The molecule has 0 aliphatic heterocycles. The van der Waals surface area contributed by atoms with Gasteiger partial charge in [-0.05, 0) is 0 Å². The highest BCUT2D eigenvalue weighted by Gasteiger charge is 1.83. The summed E-state index contributed by atoms with van der Waals surface area (Å²) in [7, 11) is 0. The first-order chi connectivity index (χ1) is 6.81. The first-order valence-corrected chi connectivity index (χ1v) is 5.54. The first kappa shape index (κ1) is 13.1. The van der Waals surface area contributed by atoms with Crippen LogP contribution in [0.15, 0.2) is 10.8 Å². The summed E-state index contributed by atoms with van der Waals surface area (Å²) >= 11 is 0. The van der Waals surface area contributed by atoms with E-state index >= 15 is 0 Å². The molecular formula is C11H22N2O. The Hall–Kier alpha value is -0.860. The van der Waals surface area contributed by atoms with Crippen molar-refractivity contribution in [3.05, 3.63) is 12.3 Å². The molecule has 0 bridgehead atoms. The zero-order chi connectivity index (χ0) is 10.6. The number of nitrogens with zero attached hydrogens (tertiary/aromatic N) is 2. The summed E-state index contributed by atoms with van der Waals surface area (Å²) in [5.41, 5.74) is 0. The standard InChI is InChI=1S/C8H18.C3H4N2O/c1-3-5-7-8-6-4-2;1-3-5-4-2-6-3/h3-8H2,1-2H3;2H,1H3. The second-order valence-electron chi connectivity index (χ2n) is 3.37. The molecule has 0 aliphatic carbocycles. The van der Waals surface area contributed by atoms with Crippen molar-refractivity contribution in [2.24, 2.45) is 0 Å². The minimum absolute atomic E-state index is 0.606. The van der Waals surface area contributed by atoms with Gasteiger partial charge < -0.3 is 4.42 Å². The van der Waals surface area contributed by atoms with Gasteiger partial charge in [0.15, 0.2) is 0 Å². The number of hydrogen-bond donors (Lipinski definition) is 0. The van der Waals surface area contributed by atoms with Crippen LogP contribution in [0.5, 0.6) is 0 Å². The number of hydrogen-bond acceptors (Lipinski definition) is 3. The molecule has 0 spiro atoms. The van der Waals surface area contributed by atoms with E-state index in [0.717, 1.165) is 0 Å². The molecule has 14 heavy (non-hydrogen) atoms. The number of unbranched alkanes of at least 4 members (excludes halogenated alkanes) is 5. The first-order valence-electron chi connectivity index (χ1n) is 5.54. The van der Waals surface area contributed by atoms with Gasteiger partial charge in [0.2, 0.25) is 12.3 Å². The molecule has 0 radical (unpaired) electrons. The van der Waals surface area contributed by atoms with Gasteiger partial charge in [-0.25, -0.2) is 0 Å². The van der Waals surface area contributed by atoms with E-state index < -0.39 is 0 Å². The lowest BCUT2D eigenvalue weighted by Crippen LogP contribution is -1.73. The third kappa shape index (κ3) is 9.23. The summed E-state index contributed by atoms with van der Waals surface area (Å²) in [5.74, 6) is 0.606. The Labute approximate surface area is 86.9 Å². The van der Waals surface area contributed by atoms with Crippen molar-refractivity contribution < 1.29 is 4.42 Å². The zero-order valence-corrected chi connectivity index (χ0v) is 9.62. The van der Waals surface area contributed by atoms with Gasteiger partial charge in [-0.1, -0.05) is 52.4 Å². The fraction of sp³-hybridized carbons (Fsp3) is 0.818. The maximum absolute atomic E-state index is 4.61. The van der Waals surface area contributed by atoms with E-state index in [0.29, 0.717) is 5.89 Å². The zero-order valence-electron chi connectivity index (χ0n) is 9.62. The normalized spacial score (nSPS) is 9.36. The fourth-order valence-electron chi connectivity index (χ4n) is 1.08. The van der Waals surface area contributed by atoms with Crippen LogP contribution < -0.4 is 0 Å². The Kier molecular flexibility index (Phi) is 9.59. The molecule has 0 amide bonds. The third-order valence-corrected chi connectivity index (χ3v) is 1.93. The van der Waals surface area contributed by atoms with Crippen molar-refractivity contribution in [2.45, 2.75) is 59.3 Å². The largest absolute Gasteiger partial charge is 0.428 e. The molecule has 0 N–H and O–H groups in total. The van der Waals surface area contributed by atoms with Crippen LogP contribution in [0.4, 0.5) is 0 Å². The van der Waals surface area contributed by atoms with Crippen molar-refractivity contribution in [1.29, 1.82) is 0 Å². The molecule has 1 heterocycles. The van der Waals surface area contributed by atoms with Crippen LogP contribution in [0.3, 0.4) is 0 Å². The highest BCUT2D eigenvalue weighted by atomic mass is 16.4. The summed E-state index contributed by atoms with van der Waals surface area (Å²) in [5, 5.41) is 6.91. The van der Waals surface area contributed by atoms with Gasteiger partial charge in [-0.2, -0.15) is 0 Å². The van der Waals surface area contributed by atoms with Crippen molar-refractivity contribution in [3.8, 4) is 0 Å². The van der Waals surface area contributed by atoms with Crippen LogP contribution in [0, 0.1) is 6.92 Å². The van der Waals surface area contributed by atoms with E-state index in [2.05, 4.69) is 28.5 Å². The Morgan fingerprint density at radius 1 is 1.07 bits per heavy atom. The van der Waals surface area contributed by atoms with E-state index in [1.165, 1.54) is 44.9 Å². The summed E-state index contributed by atoms with van der Waals surface area (Å²) in [6.07, 6.45) is 9.79. The third-order valence-electron chi connectivity index (χ3n) is 1.93. The Morgan fingerprint density at radius 2 is 1.64 bits per heavy atom. The number of aryl methyl sites for hydroxylation is 1. The molecule has 3 heteroatoms. The second kappa shape index (κ2) is 10.2. The monoisotopic (exact) mass is 198 g/mol. The molecule has 3 nitrogen and oxygen atoms in total. The average molecular weight is 198 g/mol. The number of aromatic nitrogens is 2. The van der Waals surface area contributed by atoms with Gasteiger partial charge in [0.25, 0.3) is 0 Å². The second-order valence-corrected chi connectivity index (χ2v) is 3.37. The average Bonchev–Trinajstić information content (AvgIpc) is 2.65. The maximum Gasteiger partial charge on any atom is 0.213 e. The molecule has 82 valence electrons. The SMILES string of the molecule is CCCCCCCC.Cc1nnco1. The van der Waals surface area contributed by atoms with Crippen molar-refractivity contribution in [1.82, 2.24) is 10.2 Å². The molecule has 0 fully saturated rings. The molecule has 1 aromatic rings. The van der Waals surface area contributed by atoms with Crippen LogP contribution in [0.1, 0.15) is 58.3 Å². The highest BCUT2D eigenvalue weighted by Crippen LogP contribution is 2.03. The highest BCUT2D eigenvalue weighted by molar-refractivity contribution is 4.60. The van der Waals surface area contributed by atoms with Gasteiger partial charge in [-0.3, -0.25) is 0 Å². The van der Waals surface area contributed by atoms with Crippen LogP contribution in [-0.4, -0.2) is 10.2 Å². The predicted octanol–water partition coefficient (Wildman–Crippen LogP) is 3.74. The van der Waals surface area contributed by atoms with Crippen molar-refractivity contribution in [3.63, 3.8) is 0 Å². The lowest BCUT2D eigenvalue weighted by molar-refractivity contribution is 0.518. The topological polar surface area (TPSA) is 38.9 Å². The lowest BCUT2D eigenvalue weighted by atomic mass is 10.1. The van der Waals surface area contributed by atoms with Crippen molar-refractivity contribution >= 4 is 0 Å². The smallest absolute Gasteiger partial charge is 0.213 e. The molecular weight excluding hydrogens is 176 g/mol. The Morgan fingerprint density at radius 3 is 1.86 bits per heavy atom. The molecule has 1 aromatic heterocycles. The van der Waals surface area contributed by atoms with Gasteiger partial charge >= 0.3 is 0 Å². The molecule has 0 saturated heterocycles. The summed E-state index contributed by atoms with van der Waals surface area (Å²) in [6, 6.07) is 0. The van der Waals surface area contributed by atoms with E-state index in [-0.39, 0.29) is 0 Å². The molecule has 0 saturated carbocycles. The summed E-state index contributed by atoms with van der Waals surface area (Å²) < 4.78 is 4.61. The Balaban J connectivity index is 0.000000249. The summed E-state index contributed by atoms with van der Waals surface area (Å²) in [4.78, 5) is 0. The minimum Gasteiger partial charge on any atom is -0.428 e. The summed E-state index contributed by atoms with van der Waals surface area (Å²) in [6.45, 7) is 6.25. The van der Waals surface area contributed by atoms with Crippen LogP contribution in [0.2, 0.25) is 0 Å². The van der Waals surface area contributed by atoms with E-state index in [4.69, 9.17) is 0 Å². The van der Waals surface area contributed by atoms with Crippen LogP contribution >= 0.6 is 0 Å². The van der Waals surface area contributed by atoms with Gasteiger partial charge in [0.05, 0.1) is 0 Å². The molecule has 1 rings (SSSR count). The Bertz CT molecular complexity index is 179. The van der Waals surface area contributed by atoms with Crippen LogP contribution in [-0.2, 0) is 0 Å². The quantitative estimate of drug-likeness (QED) is 0.676. The van der Waals surface area contributed by atoms with Gasteiger partial charge in [0, 0.05) is 6.92 Å². The maximum atomic E-state index is 4.61. The predicted molar refractivity (Wildman–Crippen MR) is 58.1 cm³/mol. The molecule has 0 aromatic carbocycles. The van der Waals surface area contributed by atoms with E-state index in [1.807, 2.05) is 0 Å². The van der Waals surface area contributed by atoms with Crippen molar-refractivity contribution in [2.75, 3.05) is 0 Å². The van der Waals surface area contributed by atoms with Gasteiger partial charge in [0.1, 0.15) is 0 Å². The lowest BCUT2D eigenvalue weighted by Gasteiger charge is -1.93. The fourth-order valence-corrected chi connectivity index (χ4v) is 1.08.